The molecule has 1 amide bonds. The zero-order chi connectivity index (χ0) is 19.1. The summed E-state index contributed by atoms with van der Waals surface area (Å²) >= 11 is 0. The number of nitrogens with one attached hydrogen (secondary N) is 2. The van der Waals surface area contributed by atoms with E-state index in [4.69, 9.17) is 9.26 Å². The molecule has 1 atom stereocenters. The number of rotatable bonds is 6. The maximum atomic E-state index is 12.0. The van der Waals surface area contributed by atoms with E-state index >= 15 is 0 Å². The molecule has 4 heterocycles. The molecule has 0 bridgehead atoms. The standard InChI is InChI=1S/C20H23N5O3/c1-12-18(20(24-28-12)27-11-13-4-6-21-10-13)15-5-7-25-16(8-15)9-17(23-25)22-19(26)14-2-3-14/h5,7-9,13-14,21H,2-4,6,10-11H2,1H3,(H,22,23,26). The van der Waals surface area contributed by atoms with E-state index in [-0.39, 0.29) is 11.8 Å². The van der Waals surface area contributed by atoms with Crippen molar-refractivity contribution in [2.24, 2.45) is 11.8 Å². The van der Waals surface area contributed by atoms with Crippen LogP contribution < -0.4 is 15.4 Å². The third-order valence-electron chi connectivity index (χ3n) is 5.40. The normalized spacial score (nSPS) is 19.2. The Morgan fingerprint density at radius 2 is 2.29 bits per heavy atom. The SMILES string of the molecule is Cc1onc(OCC2CCNC2)c1-c1ccn2nc(NC(=O)C3CC3)cc2c1. The summed E-state index contributed by atoms with van der Waals surface area (Å²) in [6.45, 7) is 4.52. The van der Waals surface area contributed by atoms with Gasteiger partial charge in [-0.05, 0) is 55.6 Å². The summed E-state index contributed by atoms with van der Waals surface area (Å²) < 4.78 is 13.1. The average Bonchev–Trinajstić information content (AvgIpc) is 3.09. The number of pyridine rings is 1. The molecule has 5 rings (SSSR count). The smallest absolute Gasteiger partial charge is 0.262 e. The number of ether oxygens (including phenoxy) is 1. The minimum atomic E-state index is 0.0515. The van der Waals surface area contributed by atoms with Crippen molar-refractivity contribution in [3.63, 3.8) is 0 Å². The second-order valence-corrected chi connectivity index (χ2v) is 7.67. The van der Waals surface area contributed by atoms with Crippen LogP contribution in [0.25, 0.3) is 16.6 Å². The van der Waals surface area contributed by atoms with Gasteiger partial charge in [-0.15, -0.1) is 0 Å². The molecule has 28 heavy (non-hydrogen) atoms. The van der Waals surface area contributed by atoms with E-state index < -0.39 is 0 Å². The maximum absolute atomic E-state index is 12.0. The molecule has 3 aromatic heterocycles. The van der Waals surface area contributed by atoms with E-state index in [0.717, 1.165) is 49.0 Å². The number of fused-ring (bicyclic) bond motifs is 1. The summed E-state index contributed by atoms with van der Waals surface area (Å²) in [6, 6.07) is 5.83. The molecule has 1 saturated carbocycles. The van der Waals surface area contributed by atoms with Gasteiger partial charge in [0, 0.05) is 30.6 Å². The molecule has 1 aliphatic heterocycles. The van der Waals surface area contributed by atoms with E-state index in [1.54, 1.807) is 4.52 Å². The van der Waals surface area contributed by atoms with E-state index in [1.807, 2.05) is 31.3 Å². The second-order valence-electron chi connectivity index (χ2n) is 7.67. The van der Waals surface area contributed by atoms with Crippen LogP contribution >= 0.6 is 0 Å². The van der Waals surface area contributed by atoms with Gasteiger partial charge in [0.1, 0.15) is 5.76 Å². The third kappa shape index (κ3) is 3.35. The lowest BCUT2D eigenvalue weighted by molar-refractivity contribution is -0.117. The number of nitrogens with zero attached hydrogens (tertiary/aromatic N) is 3. The molecule has 8 nitrogen and oxygen atoms in total. The van der Waals surface area contributed by atoms with Crippen LogP contribution in [-0.4, -0.2) is 40.4 Å². The largest absolute Gasteiger partial charge is 0.475 e. The highest BCUT2D eigenvalue weighted by Crippen LogP contribution is 2.34. The Morgan fingerprint density at radius 1 is 1.39 bits per heavy atom. The molecule has 2 N–H and O–H groups in total. The Balaban J connectivity index is 1.39. The highest BCUT2D eigenvalue weighted by Gasteiger charge is 2.30. The van der Waals surface area contributed by atoms with Crippen molar-refractivity contribution in [3.05, 3.63) is 30.2 Å². The van der Waals surface area contributed by atoms with Crippen molar-refractivity contribution >= 4 is 17.2 Å². The van der Waals surface area contributed by atoms with Gasteiger partial charge in [0.05, 0.1) is 17.7 Å². The first-order valence-electron chi connectivity index (χ1n) is 9.78. The van der Waals surface area contributed by atoms with Gasteiger partial charge in [-0.3, -0.25) is 4.79 Å². The number of anilines is 1. The lowest BCUT2D eigenvalue weighted by Gasteiger charge is -2.10. The van der Waals surface area contributed by atoms with Crippen LogP contribution in [0.2, 0.25) is 0 Å². The van der Waals surface area contributed by atoms with E-state index in [9.17, 15) is 4.79 Å². The maximum Gasteiger partial charge on any atom is 0.262 e. The molecule has 2 fully saturated rings. The van der Waals surface area contributed by atoms with Gasteiger partial charge < -0.3 is 19.9 Å². The first-order valence-corrected chi connectivity index (χ1v) is 9.78. The Hall–Kier alpha value is -2.87. The summed E-state index contributed by atoms with van der Waals surface area (Å²) in [4.78, 5) is 12.0. The van der Waals surface area contributed by atoms with Gasteiger partial charge in [0.25, 0.3) is 5.88 Å². The molecule has 0 spiro atoms. The lowest BCUT2D eigenvalue weighted by Crippen LogP contribution is -2.15. The van der Waals surface area contributed by atoms with Crippen molar-refractivity contribution in [3.8, 4) is 17.0 Å². The van der Waals surface area contributed by atoms with E-state index in [2.05, 4.69) is 20.9 Å². The first-order chi connectivity index (χ1) is 13.7. The van der Waals surface area contributed by atoms with E-state index in [0.29, 0.717) is 30.0 Å². The number of carbonyl (C=O) groups is 1. The Labute approximate surface area is 162 Å². The third-order valence-corrected chi connectivity index (χ3v) is 5.40. The fourth-order valence-electron chi connectivity index (χ4n) is 3.62. The number of amides is 1. The molecule has 1 saturated heterocycles. The van der Waals surface area contributed by atoms with Gasteiger partial charge in [-0.2, -0.15) is 5.10 Å². The Kier molecular flexibility index (Phi) is 4.27. The fourth-order valence-corrected chi connectivity index (χ4v) is 3.62. The Bertz CT molecular complexity index is 1010. The molecule has 146 valence electrons. The van der Waals surface area contributed by atoms with Crippen molar-refractivity contribution in [1.29, 1.82) is 0 Å². The van der Waals surface area contributed by atoms with Gasteiger partial charge in [0.2, 0.25) is 5.91 Å². The minimum Gasteiger partial charge on any atom is -0.475 e. The predicted molar refractivity (Wildman–Crippen MR) is 103 cm³/mol. The van der Waals surface area contributed by atoms with Gasteiger partial charge in [-0.1, -0.05) is 0 Å². The second kappa shape index (κ2) is 6.94. The topological polar surface area (TPSA) is 93.7 Å². The zero-order valence-electron chi connectivity index (χ0n) is 15.8. The van der Waals surface area contributed by atoms with Crippen LogP contribution in [0.4, 0.5) is 5.82 Å². The predicted octanol–water partition coefficient (Wildman–Crippen LogP) is 2.63. The molecule has 2 aliphatic rings. The van der Waals surface area contributed by atoms with Crippen LogP contribution in [-0.2, 0) is 4.79 Å². The number of hydrogen-bond donors (Lipinski definition) is 2. The summed E-state index contributed by atoms with van der Waals surface area (Å²) in [5.74, 6) is 2.51. The van der Waals surface area contributed by atoms with Gasteiger partial charge in [0.15, 0.2) is 5.82 Å². The molecule has 8 heteroatoms. The fraction of sp³-hybridized carbons (Fsp3) is 0.450. The molecule has 1 unspecified atom stereocenters. The summed E-state index contributed by atoms with van der Waals surface area (Å²) in [7, 11) is 0. The molecule has 0 aromatic carbocycles. The van der Waals surface area contributed by atoms with E-state index in [1.165, 1.54) is 0 Å². The van der Waals surface area contributed by atoms with Crippen molar-refractivity contribution in [1.82, 2.24) is 20.1 Å². The highest BCUT2D eigenvalue weighted by atomic mass is 16.5. The summed E-state index contributed by atoms with van der Waals surface area (Å²) in [6.07, 6.45) is 4.92. The van der Waals surface area contributed by atoms with Crippen LogP contribution in [0.3, 0.4) is 0 Å². The van der Waals surface area contributed by atoms with Crippen LogP contribution in [0.5, 0.6) is 5.88 Å². The van der Waals surface area contributed by atoms with Crippen molar-refractivity contribution in [2.75, 3.05) is 25.0 Å². The minimum absolute atomic E-state index is 0.0515. The first kappa shape index (κ1) is 17.2. The van der Waals surface area contributed by atoms with Crippen LogP contribution in [0.15, 0.2) is 28.9 Å². The molecular formula is C20H23N5O3. The zero-order valence-corrected chi connectivity index (χ0v) is 15.8. The van der Waals surface area contributed by atoms with Crippen LogP contribution in [0.1, 0.15) is 25.0 Å². The number of aryl methyl sites for hydroxylation is 1. The molecule has 1 aliphatic carbocycles. The van der Waals surface area contributed by atoms with Crippen LogP contribution in [0, 0.1) is 18.8 Å². The summed E-state index contributed by atoms with van der Waals surface area (Å²) in [5, 5.41) is 14.8. The molecule has 3 aromatic rings. The monoisotopic (exact) mass is 381 g/mol. The molecule has 0 radical (unpaired) electrons. The molecular weight excluding hydrogens is 358 g/mol. The van der Waals surface area contributed by atoms with Crippen molar-refractivity contribution in [2.45, 2.75) is 26.2 Å². The van der Waals surface area contributed by atoms with Gasteiger partial charge >= 0.3 is 0 Å². The number of hydrogen-bond acceptors (Lipinski definition) is 6. The quantitative estimate of drug-likeness (QED) is 0.682. The van der Waals surface area contributed by atoms with Crippen molar-refractivity contribution < 1.29 is 14.1 Å². The Morgan fingerprint density at radius 3 is 3.07 bits per heavy atom. The lowest BCUT2D eigenvalue weighted by atomic mass is 10.1. The number of carbonyl (C=O) groups excluding carboxylic acids is 1. The summed E-state index contributed by atoms with van der Waals surface area (Å²) in [5.41, 5.74) is 2.69. The highest BCUT2D eigenvalue weighted by molar-refractivity contribution is 5.93. The average molecular weight is 381 g/mol. The number of aromatic nitrogens is 3. The van der Waals surface area contributed by atoms with Gasteiger partial charge in [-0.25, -0.2) is 4.52 Å².